The molecule has 21 heavy (non-hydrogen) atoms. The number of anilines is 1. The van der Waals surface area contributed by atoms with Crippen LogP contribution in [0.25, 0.3) is 5.82 Å². The molecule has 1 amide bonds. The van der Waals surface area contributed by atoms with Crippen LogP contribution in [0.1, 0.15) is 16.1 Å². The summed E-state index contributed by atoms with van der Waals surface area (Å²) in [7, 11) is 1.42. The average molecular weight is 300 g/mol. The van der Waals surface area contributed by atoms with E-state index < -0.39 is 17.6 Å². The molecule has 0 spiro atoms. The summed E-state index contributed by atoms with van der Waals surface area (Å²) < 4.78 is 39.4. The van der Waals surface area contributed by atoms with Gasteiger partial charge in [0.05, 0.1) is 5.56 Å². The molecule has 0 saturated heterocycles. The van der Waals surface area contributed by atoms with Gasteiger partial charge in [0.1, 0.15) is 5.82 Å². The predicted molar refractivity (Wildman–Crippen MR) is 67.6 cm³/mol. The number of carbonyl (C=O) groups excluding carboxylic acids is 1. The smallest absolute Gasteiger partial charge is 0.354 e. The SMILES string of the molecule is CNC(=O)c1ccn(-c2cc(C(F)(F)F)cc(NN)n2)n1. The van der Waals surface area contributed by atoms with Crippen molar-refractivity contribution in [1.82, 2.24) is 20.1 Å². The van der Waals surface area contributed by atoms with Gasteiger partial charge in [-0.25, -0.2) is 15.5 Å². The molecule has 0 fully saturated rings. The molecule has 0 unspecified atom stereocenters. The molecule has 0 aromatic carbocycles. The van der Waals surface area contributed by atoms with Crippen molar-refractivity contribution >= 4 is 11.7 Å². The van der Waals surface area contributed by atoms with Crippen LogP contribution < -0.4 is 16.6 Å². The van der Waals surface area contributed by atoms with Crippen molar-refractivity contribution < 1.29 is 18.0 Å². The molecule has 0 bridgehead atoms. The van der Waals surface area contributed by atoms with Gasteiger partial charge in [-0.2, -0.15) is 18.3 Å². The van der Waals surface area contributed by atoms with Crippen LogP contribution in [0.2, 0.25) is 0 Å². The van der Waals surface area contributed by atoms with Gasteiger partial charge in [0.2, 0.25) is 0 Å². The van der Waals surface area contributed by atoms with Gasteiger partial charge in [-0.15, -0.1) is 0 Å². The van der Waals surface area contributed by atoms with E-state index in [0.717, 1.165) is 16.8 Å². The molecular formula is C11H11F3N6O. The lowest BCUT2D eigenvalue weighted by Gasteiger charge is -2.11. The lowest BCUT2D eigenvalue weighted by Crippen LogP contribution is -2.19. The third-order valence-corrected chi connectivity index (χ3v) is 2.57. The van der Waals surface area contributed by atoms with Gasteiger partial charge >= 0.3 is 6.18 Å². The quantitative estimate of drug-likeness (QED) is 0.578. The number of alkyl halides is 3. The Bertz CT molecular complexity index is 666. The van der Waals surface area contributed by atoms with Gasteiger partial charge in [0.25, 0.3) is 5.91 Å². The highest BCUT2D eigenvalue weighted by atomic mass is 19.4. The second kappa shape index (κ2) is 5.40. The van der Waals surface area contributed by atoms with Crippen LogP contribution >= 0.6 is 0 Å². The fourth-order valence-electron chi connectivity index (χ4n) is 1.57. The summed E-state index contributed by atoms with van der Waals surface area (Å²) in [5.74, 6) is 4.36. The number of nitrogens with zero attached hydrogens (tertiary/aromatic N) is 3. The molecule has 0 radical (unpaired) electrons. The second-order valence-electron chi connectivity index (χ2n) is 3.97. The molecular weight excluding hydrogens is 289 g/mol. The number of hydrogen-bond acceptors (Lipinski definition) is 5. The van der Waals surface area contributed by atoms with Crippen molar-refractivity contribution in [2.45, 2.75) is 6.18 Å². The van der Waals surface area contributed by atoms with E-state index >= 15 is 0 Å². The first-order valence-electron chi connectivity index (χ1n) is 5.69. The first-order chi connectivity index (χ1) is 9.85. The topological polar surface area (TPSA) is 97.9 Å². The Morgan fingerprint density at radius 2 is 2.10 bits per heavy atom. The minimum Gasteiger partial charge on any atom is -0.354 e. The molecule has 112 valence electrons. The van der Waals surface area contributed by atoms with Crippen molar-refractivity contribution in [1.29, 1.82) is 0 Å². The fourth-order valence-corrected chi connectivity index (χ4v) is 1.57. The summed E-state index contributed by atoms with van der Waals surface area (Å²) in [6, 6.07) is 2.93. The molecule has 0 atom stereocenters. The zero-order valence-electron chi connectivity index (χ0n) is 10.8. The Hall–Kier alpha value is -2.62. The first kappa shape index (κ1) is 14.8. The van der Waals surface area contributed by atoms with Crippen molar-refractivity contribution in [3.05, 3.63) is 35.7 Å². The molecule has 10 heteroatoms. The number of hydrazine groups is 1. The number of pyridine rings is 1. The number of nitrogens with one attached hydrogen (secondary N) is 2. The van der Waals surface area contributed by atoms with Crippen LogP contribution in [-0.2, 0) is 6.18 Å². The van der Waals surface area contributed by atoms with E-state index in [4.69, 9.17) is 5.84 Å². The number of carbonyl (C=O) groups is 1. The maximum Gasteiger partial charge on any atom is 0.416 e. The van der Waals surface area contributed by atoms with Crippen molar-refractivity contribution in [2.24, 2.45) is 5.84 Å². The molecule has 2 aromatic heterocycles. The van der Waals surface area contributed by atoms with Crippen LogP contribution in [0.15, 0.2) is 24.4 Å². The normalized spacial score (nSPS) is 11.3. The first-order valence-corrected chi connectivity index (χ1v) is 5.69. The number of nitrogens with two attached hydrogens (primary N) is 1. The lowest BCUT2D eigenvalue weighted by atomic mass is 10.2. The van der Waals surface area contributed by atoms with Crippen LogP contribution in [0.4, 0.5) is 19.0 Å². The monoisotopic (exact) mass is 300 g/mol. The molecule has 2 heterocycles. The van der Waals surface area contributed by atoms with E-state index in [2.05, 4.69) is 20.8 Å². The molecule has 0 aliphatic rings. The Kier molecular flexibility index (Phi) is 3.80. The van der Waals surface area contributed by atoms with Gasteiger partial charge in [-0.05, 0) is 18.2 Å². The van der Waals surface area contributed by atoms with Crippen LogP contribution in [0.3, 0.4) is 0 Å². The van der Waals surface area contributed by atoms with Crippen LogP contribution in [0.5, 0.6) is 0 Å². The van der Waals surface area contributed by atoms with Crippen LogP contribution in [0, 0.1) is 0 Å². The van der Waals surface area contributed by atoms with Crippen molar-refractivity contribution in [2.75, 3.05) is 12.5 Å². The van der Waals surface area contributed by atoms with Gasteiger partial charge in [-0.1, -0.05) is 0 Å². The summed E-state index contributed by atoms with van der Waals surface area (Å²) in [6.45, 7) is 0. The number of halogens is 3. The zero-order chi connectivity index (χ0) is 15.6. The summed E-state index contributed by atoms with van der Waals surface area (Å²) in [4.78, 5) is 15.3. The molecule has 2 aromatic rings. The third kappa shape index (κ3) is 3.11. The third-order valence-electron chi connectivity index (χ3n) is 2.57. The van der Waals surface area contributed by atoms with E-state index in [0.29, 0.717) is 0 Å². The van der Waals surface area contributed by atoms with Gasteiger partial charge in [-0.3, -0.25) is 4.79 Å². The molecule has 0 aliphatic carbocycles. The minimum atomic E-state index is -4.56. The highest BCUT2D eigenvalue weighted by molar-refractivity contribution is 5.91. The summed E-state index contributed by atoms with van der Waals surface area (Å²) in [5, 5.41) is 6.21. The van der Waals surface area contributed by atoms with Crippen molar-refractivity contribution in [3.63, 3.8) is 0 Å². The molecule has 7 nitrogen and oxygen atoms in total. The fraction of sp³-hybridized carbons (Fsp3) is 0.182. The van der Waals surface area contributed by atoms with E-state index in [9.17, 15) is 18.0 Å². The van der Waals surface area contributed by atoms with Gasteiger partial charge in [0, 0.05) is 13.2 Å². The molecule has 4 N–H and O–H groups in total. The van der Waals surface area contributed by atoms with Crippen LogP contribution in [-0.4, -0.2) is 27.7 Å². The number of nitrogen functional groups attached to an aromatic ring is 1. The van der Waals surface area contributed by atoms with E-state index in [-0.39, 0.29) is 17.3 Å². The number of aromatic nitrogens is 3. The Morgan fingerprint density at radius 1 is 1.38 bits per heavy atom. The maximum atomic E-state index is 12.8. The Balaban J connectivity index is 2.48. The average Bonchev–Trinajstić information content (AvgIpc) is 2.94. The van der Waals surface area contributed by atoms with Gasteiger partial charge in [0.15, 0.2) is 11.5 Å². The minimum absolute atomic E-state index is 0.0546. The number of amides is 1. The Morgan fingerprint density at radius 3 is 2.67 bits per heavy atom. The number of rotatable bonds is 3. The molecule has 2 rings (SSSR count). The summed E-state index contributed by atoms with van der Waals surface area (Å²) in [6.07, 6.45) is -3.23. The molecule has 0 aliphatic heterocycles. The maximum absolute atomic E-state index is 12.8. The second-order valence-corrected chi connectivity index (χ2v) is 3.97. The molecule has 0 saturated carbocycles. The summed E-state index contributed by atoms with van der Waals surface area (Å²) in [5.41, 5.74) is 1.18. The summed E-state index contributed by atoms with van der Waals surface area (Å²) >= 11 is 0. The lowest BCUT2D eigenvalue weighted by molar-refractivity contribution is -0.137. The highest BCUT2D eigenvalue weighted by Gasteiger charge is 2.32. The number of hydrogen-bond donors (Lipinski definition) is 3. The zero-order valence-corrected chi connectivity index (χ0v) is 10.8. The highest BCUT2D eigenvalue weighted by Crippen LogP contribution is 2.31. The standard InChI is InChI=1S/C11H11F3N6O/c1-16-10(21)7-2-3-20(19-7)9-5-6(11(12,13)14)4-8(17-9)18-15/h2-5H,15H2,1H3,(H,16,21)(H,17,18). The van der Waals surface area contributed by atoms with E-state index in [1.807, 2.05) is 0 Å². The van der Waals surface area contributed by atoms with E-state index in [1.54, 1.807) is 0 Å². The largest absolute Gasteiger partial charge is 0.416 e. The van der Waals surface area contributed by atoms with Crippen molar-refractivity contribution in [3.8, 4) is 5.82 Å². The Labute approximate surface area is 116 Å². The van der Waals surface area contributed by atoms with Gasteiger partial charge < -0.3 is 10.7 Å². The van der Waals surface area contributed by atoms with E-state index in [1.165, 1.54) is 19.3 Å². The predicted octanol–water partition coefficient (Wildman–Crippen LogP) is 0.931.